The number of nitrogens with zero attached hydrogens (tertiary/aromatic N) is 4. The van der Waals surface area contributed by atoms with Gasteiger partial charge in [-0.3, -0.25) is 4.79 Å². The molecule has 1 aromatic heterocycles. The summed E-state index contributed by atoms with van der Waals surface area (Å²) in [4.78, 5) is 24.1. The second kappa shape index (κ2) is 9.49. The topological polar surface area (TPSA) is 83.5 Å². The number of thioether (sulfide) groups is 1. The van der Waals surface area contributed by atoms with Gasteiger partial charge in [-0.2, -0.15) is 4.31 Å². The summed E-state index contributed by atoms with van der Waals surface area (Å²) in [5.41, 5.74) is 4.62. The molecule has 32 heavy (non-hydrogen) atoms. The lowest BCUT2D eigenvalue weighted by Crippen LogP contribution is -2.35. The predicted molar refractivity (Wildman–Crippen MR) is 127 cm³/mol. The van der Waals surface area contributed by atoms with Crippen LogP contribution in [0.1, 0.15) is 48.2 Å². The molecule has 0 N–H and O–H groups in total. The summed E-state index contributed by atoms with van der Waals surface area (Å²) >= 11 is 1.51. The standard InChI is InChI=1S/C23H30N4O3S2/c1-16-20(17(2)25-23(24-16)31-3)8-10-22(28)27-14-11-18-15-19(7-9-21(18)27)32(29,30)26-12-5-4-6-13-26/h7,9,15H,4-6,8,10-14H2,1-3H3. The van der Waals surface area contributed by atoms with E-state index in [-0.39, 0.29) is 5.91 Å². The molecule has 1 aromatic carbocycles. The van der Waals surface area contributed by atoms with E-state index in [0.29, 0.717) is 43.8 Å². The number of hydrogen-bond acceptors (Lipinski definition) is 6. The number of benzene rings is 1. The number of carbonyl (C=O) groups excluding carboxylic acids is 1. The van der Waals surface area contributed by atoms with Gasteiger partial charge >= 0.3 is 0 Å². The highest BCUT2D eigenvalue weighted by molar-refractivity contribution is 7.98. The summed E-state index contributed by atoms with van der Waals surface area (Å²) in [6, 6.07) is 5.21. The van der Waals surface area contributed by atoms with Crippen molar-refractivity contribution >= 4 is 33.4 Å². The van der Waals surface area contributed by atoms with Crippen LogP contribution in [0.4, 0.5) is 5.69 Å². The van der Waals surface area contributed by atoms with Crippen LogP contribution in [-0.4, -0.2) is 54.5 Å². The first-order valence-corrected chi connectivity index (χ1v) is 13.8. The van der Waals surface area contributed by atoms with Gasteiger partial charge in [-0.15, -0.1) is 0 Å². The number of sulfonamides is 1. The quantitative estimate of drug-likeness (QED) is 0.471. The van der Waals surface area contributed by atoms with Crippen molar-refractivity contribution in [3.05, 3.63) is 40.7 Å². The van der Waals surface area contributed by atoms with Crippen LogP contribution in [0.25, 0.3) is 0 Å². The van der Waals surface area contributed by atoms with Crippen LogP contribution in [0.5, 0.6) is 0 Å². The molecule has 0 saturated carbocycles. The number of carbonyl (C=O) groups is 1. The Bertz CT molecular complexity index is 1110. The van der Waals surface area contributed by atoms with E-state index in [1.807, 2.05) is 20.1 Å². The normalized spacial score (nSPS) is 16.9. The van der Waals surface area contributed by atoms with Crippen molar-refractivity contribution in [3.8, 4) is 0 Å². The summed E-state index contributed by atoms with van der Waals surface area (Å²) in [6.07, 6.45) is 6.50. The molecule has 0 atom stereocenters. The van der Waals surface area contributed by atoms with Crippen LogP contribution in [0.3, 0.4) is 0 Å². The van der Waals surface area contributed by atoms with E-state index in [2.05, 4.69) is 9.97 Å². The van der Waals surface area contributed by atoms with Crippen molar-refractivity contribution in [1.82, 2.24) is 14.3 Å². The zero-order chi connectivity index (χ0) is 22.9. The van der Waals surface area contributed by atoms with E-state index in [0.717, 1.165) is 52.6 Å². The van der Waals surface area contributed by atoms with Gasteiger partial charge in [0, 0.05) is 43.1 Å². The average molecular weight is 475 g/mol. The Balaban J connectivity index is 1.47. The van der Waals surface area contributed by atoms with Gasteiger partial charge in [-0.25, -0.2) is 18.4 Å². The molecule has 2 aliphatic rings. The summed E-state index contributed by atoms with van der Waals surface area (Å²) in [6.45, 7) is 5.68. The van der Waals surface area contributed by atoms with Crippen LogP contribution in [0.15, 0.2) is 28.3 Å². The Labute approximate surface area is 194 Å². The molecule has 1 fully saturated rings. The van der Waals surface area contributed by atoms with E-state index >= 15 is 0 Å². The number of amides is 1. The van der Waals surface area contributed by atoms with E-state index in [4.69, 9.17) is 0 Å². The third kappa shape index (κ3) is 4.56. The average Bonchev–Trinajstić information content (AvgIpc) is 3.22. The Hall–Kier alpha value is -1.97. The number of rotatable bonds is 6. The maximum absolute atomic E-state index is 13.0. The molecule has 2 aliphatic heterocycles. The largest absolute Gasteiger partial charge is 0.312 e. The molecule has 2 aromatic rings. The van der Waals surface area contributed by atoms with Crippen molar-refractivity contribution in [2.24, 2.45) is 0 Å². The fourth-order valence-electron chi connectivity index (χ4n) is 4.58. The molecule has 1 saturated heterocycles. The lowest BCUT2D eigenvalue weighted by Gasteiger charge is -2.26. The number of anilines is 1. The SMILES string of the molecule is CSc1nc(C)c(CCC(=O)N2CCc3cc(S(=O)(=O)N4CCCCC4)ccc32)c(C)n1. The fourth-order valence-corrected chi connectivity index (χ4v) is 6.61. The summed E-state index contributed by atoms with van der Waals surface area (Å²) in [5, 5.41) is 0.749. The summed E-state index contributed by atoms with van der Waals surface area (Å²) in [5.74, 6) is 0.0446. The number of aryl methyl sites for hydroxylation is 2. The molecule has 9 heteroatoms. The third-order valence-corrected chi connectivity index (χ3v) is 8.81. The van der Waals surface area contributed by atoms with Crippen molar-refractivity contribution in [2.75, 3.05) is 30.8 Å². The molecular formula is C23H30N4O3S2. The number of piperidine rings is 1. The molecule has 1 amide bonds. The van der Waals surface area contributed by atoms with Crippen molar-refractivity contribution < 1.29 is 13.2 Å². The molecule has 0 aliphatic carbocycles. The number of aromatic nitrogens is 2. The molecule has 0 spiro atoms. The first-order valence-electron chi connectivity index (χ1n) is 11.1. The minimum absolute atomic E-state index is 0.0446. The van der Waals surface area contributed by atoms with Crippen LogP contribution < -0.4 is 4.90 Å². The van der Waals surface area contributed by atoms with Gasteiger partial charge in [-0.05, 0) is 75.1 Å². The first kappa shape index (κ1) is 23.2. The highest BCUT2D eigenvalue weighted by atomic mass is 32.2. The Kier molecular flexibility index (Phi) is 6.88. The lowest BCUT2D eigenvalue weighted by molar-refractivity contribution is -0.118. The van der Waals surface area contributed by atoms with Gasteiger partial charge in [0.15, 0.2) is 5.16 Å². The second-order valence-electron chi connectivity index (χ2n) is 8.41. The Morgan fingerprint density at radius 3 is 2.41 bits per heavy atom. The van der Waals surface area contributed by atoms with Crippen molar-refractivity contribution in [3.63, 3.8) is 0 Å². The predicted octanol–water partition coefficient (Wildman–Crippen LogP) is 3.51. The van der Waals surface area contributed by atoms with Crippen molar-refractivity contribution in [1.29, 1.82) is 0 Å². The van der Waals surface area contributed by atoms with Gasteiger partial charge < -0.3 is 4.90 Å². The van der Waals surface area contributed by atoms with Gasteiger partial charge in [0.25, 0.3) is 0 Å². The molecule has 172 valence electrons. The van der Waals surface area contributed by atoms with E-state index < -0.39 is 10.0 Å². The highest BCUT2D eigenvalue weighted by Crippen LogP contribution is 2.32. The second-order valence-corrected chi connectivity index (χ2v) is 11.1. The maximum atomic E-state index is 13.0. The summed E-state index contributed by atoms with van der Waals surface area (Å²) in [7, 11) is -3.47. The number of fused-ring (bicyclic) bond motifs is 1. The maximum Gasteiger partial charge on any atom is 0.243 e. The Morgan fingerprint density at radius 1 is 1.06 bits per heavy atom. The van der Waals surface area contributed by atoms with Crippen LogP contribution in [0.2, 0.25) is 0 Å². The first-order chi connectivity index (χ1) is 15.3. The third-order valence-electron chi connectivity index (χ3n) is 6.37. The molecule has 0 radical (unpaired) electrons. The smallest absolute Gasteiger partial charge is 0.243 e. The fraction of sp³-hybridized carbons (Fsp3) is 0.522. The van der Waals surface area contributed by atoms with E-state index in [1.165, 1.54) is 11.8 Å². The molecule has 7 nitrogen and oxygen atoms in total. The molecule has 0 bridgehead atoms. The minimum Gasteiger partial charge on any atom is -0.312 e. The van der Waals surface area contributed by atoms with E-state index in [9.17, 15) is 13.2 Å². The number of hydrogen-bond donors (Lipinski definition) is 0. The minimum atomic E-state index is -3.47. The van der Waals surface area contributed by atoms with Gasteiger partial charge in [0.2, 0.25) is 15.9 Å². The zero-order valence-electron chi connectivity index (χ0n) is 18.9. The summed E-state index contributed by atoms with van der Waals surface area (Å²) < 4.78 is 27.6. The van der Waals surface area contributed by atoms with Gasteiger partial charge in [0.1, 0.15) is 0 Å². The monoisotopic (exact) mass is 474 g/mol. The van der Waals surface area contributed by atoms with Crippen LogP contribution in [-0.2, 0) is 27.7 Å². The van der Waals surface area contributed by atoms with Gasteiger partial charge in [-0.1, -0.05) is 18.2 Å². The zero-order valence-corrected chi connectivity index (χ0v) is 20.6. The highest BCUT2D eigenvalue weighted by Gasteiger charge is 2.30. The lowest BCUT2D eigenvalue weighted by atomic mass is 10.1. The van der Waals surface area contributed by atoms with Crippen molar-refractivity contribution in [2.45, 2.75) is 62.4 Å². The molecular weight excluding hydrogens is 444 g/mol. The Morgan fingerprint density at radius 2 is 1.75 bits per heavy atom. The van der Waals surface area contributed by atoms with E-state index in [1.54, 1.807) is 27.4 Å². The molecule has 4 rings (SSSR count). The van der Waals surface area contributed by atoms with Crippen LogP contribution in [0, 0.1) is 13.8 Å². The van der Waals surface area contributed by atoms with Gasteiger partial charge in [0.05, 0.1) is 4.90 Å². The molecule has 3 heterocycles. The van der Waals surface area contributed by atoms with Crippen LogP contribution >= 0.6 is 11.8 Å². The molecule has 0 unspecified atom stereocenters.